The number of hydrogen-bond donors (Lipinski definition) is 0. The lowest BCUT2D eigenvalue weighted by Gasteiger charge is -2.16. The molecule has 0 fully saturated rings. The van der Waals surface area contributed by atoms with E-state index in [1.54, 1.807) is 0 Å². The summed E-state index contributed by atoms with van der Waals surface area (Å²) in [7, 11) is 0. The van der Waals surface area contributed by atoms with Gasteiger partial charge in [0.25, 0.3) is 0 Å². The standard InChI is InChI=1S/C41H25N5/c1-3-13-26(14-4-1)39-44-40(27-15-5-2-6-16-27)46-41(45-39)29-18-11-17-28(25-29)37-36-33-22-12-24-42-38(33)31-20-8-7-19-30(31)35(36)32-21-9-10-23-34(32)43-37/h1-25H. The molecule has 0 atom stereocenters. The van der Waals surface area contributed by atoms with Gasteiger partial charge in [0, 0.05) is 55.4 Å². The highest BCUT2D eigenvalue weighted by Gasteiger charge is 2.19. The van der Waals surface area contributed by atoms with Gasteiger partial charge in [-0.2, -0.15) is 0 Å². The van der Waals surface area contributed by atoms with Crippen LogP contribution in [0.25, 0.3) is 88.8 Å². The van der Waals surface area contributed by atoms with Crippen LogP contribution in [0.3, 0.4) is 0 Å². The van der Waals surface area contributed by atoms with Crippen molar-refractivity contribution in [1.29, 1.82) is 0 Å². The molecule has 0 radical (unpaired) electrons. The minimum atomic E-state index is 0.608. The maximum atomic E-state index is 5.31. The molecule has 0 N–H and O–H groups in total. The number of para-hydroxylation sites is 1. The second-order valence-electron chi connectivity index (χ2n) is 11.3. The van der Waals surface area contributed by atoms with Gasteiger partial charge in [-0.15, -0.1) is 0 Å². The first kappa shape index (κ1) is 26.1. The number of rotatable bonds is 4. The van der Waals surface area contributed by atoms with E-state index in [0.29, 0.717) is 17.5 Å². The van der Waals surface area contributed by atoms with E-state index >= 15 is 0 Å². The molecule has 6 aromatic carbocycles. The Labute approximate surface area is 264 Å². The number of fused-ring (bicyclic) bond motifs is 8. The van der Waals surface area contributed by atoms with Crippen molar-refractivity contribution in [3.05, 3.63) is 152 Å². The van der Waals surface area contributed by atoms with E-state index in [2.05, 4.69) is 72.8 Å². The van der Waals surface area contributed by atoms with Gasteiger partial charge in [0.2, 0.25) is 0 Å². The summed E-state index contributed by atoms with van der Waals surface area (Å²) in [5, 5.41) is 6.76. The fourth-order valence-electron chi connectivity index (χ4n) is 6.44. The highest BCUT2D eigenvalue weighted by molar-refractivity contribution is 6.32. The molecule has 9 aromatic rings. The van der Waals surface area contributed by atoms with Crippen LogP contribution in [0.4, 0.5) is 0 Å². The topological polar surface area (TPSA) is 64.5 Å². The van der Waals surface area contributed by atoms with E-state index in [0.717, 1.165) is 65.9 Å². The monoisotopic (exact) mass is 587 g/mol. The van der Waals surface area contributed by atoms with Crippen LogP contribution in [0.5, 0.6) is 0 Å². The Morgan fingerprint density at radius 1 is 0.348 bits per heavy atom. The highest BCUT2D eigenvalue weighted by atomic mass is 15.0. The van der Waals surface area contributed by atoms with Crippen LogP contribution in [0, 0.1) is 0 Å². The van der Waals surface area contributed by atoms with Gasteiger partial charge in [-0.05, 0) is 23.6 Å². The third-order valence-electron chi connectivity index (χ3n) is 8.51. The third kappa shape index (κ3) is 4.29. The molecule has 9 rings (SSSR count). The van der Waals surface area contributed by atoms with Crippen molar-refractivity contribution in [2.75, 3.05) is 0 Å². The minimum absolute atomic E-state index is 0.608. The zero-order valence-electron chi connectivity index (χ0n) is 24.7. The summed E-state index contributed by atoms with van der Waals surface area (Å²) in [5.74, 6) is 1.87. The van der Waals surface area contributed by atoms with E-state index in [-0.39, 0.29) is 0 Å². The van der Waals surface area contributed by atoms with Crippen molar-refractivity contribution in [3.8, 4) is 45.4 Å². The molecule has 214 valence electrons. The molecule has 0 bridgehead atoms. The maximum absolute atomic E-state index is 5.31. The maximum Gasteiger partial charge on any atom is 0.164 e. The fraction of sp³-hybridized carbons (Fsp3) is 0. The van der Waals surface area contributed by atoms with Crippen molar-refractivity contribution in [3.63, 3.8) is 0 Å². The molecule has 46 heavy (non-hydrogen) atoms. The average molecular weight is 588 g/mol. The van der Waals surface area contributed by atoms with Crippen molar-refractivity contribution < 1.29 is 0 Å². The van der Waals surface area contributed by atoms with Crippen LogP contribution in [0.2, 0.25) is 0 Å². The summed E-state index contributed by atoms with van der Waals surface area (Å²) in [6, 6.07) is 49.6. The first-order valence-electron chi connectivity index (χ1n) is 15.3. The van der Waals surface area contributed by atoms with Crippen molar-refractivity contribution >= 4 is 43.4 Å². The Balaban J connectivity index is 1.33. The minimum Gasteiger partial charge on any atom is -0.256 e. The lowest BCUT2D eigenvalue weighted by Crippen LogP contribution is -2.00. The fourth-order valence-corrected chi connectivity index (χ4v) is 6.44. The Kier molecular flexibility index (Phi) is 6.06. The molecule has 0 aliphatic carbocycles. The molecule has 0 unspecified atom stereocenters. The summed E-state index contributed by atoms with van der Waals surface area (Å²) in [4.78, 5) is 25.0. The van der Waals surface area contributed by atoms with Crippen molar-refractivity contribution in [2.45, 2.75) is 0 Å². The molecule has 5 nitrogen and oxygen atoms in total. The largest absolute Gasteiger partial charge is 0.256 e. The molecule has 3 heterocycles. The molecule has 0 saturated carbocycles. The van der Waals surface area contributed by atoms with Gasteiger partial charge in [0.1, 0.15) is 0 Å². The van der Waals surface area contributed by atoms with Gasteiger partial charge in [-0.3, -0.25) is 4.98 Å². The molecule has 0 aliphatic heterocycles. The van der Waals surface area contributed by atoms with E-state index < -0.39 is 0 Å². The van der Waals surface area contributed by atoms with Crippen LogP contribution in [0.1, 0.15) is 0 Å². The highest BCUT2D eigenvalue weighted by Crippen LogP contribution is 2.42. The van der Waals surface area contributed by atoms with E-state index in [4.69, 9.17) is 24.9 Å². The number of hydrogen-bond acceptors (Lipinski definition) is 5. The lowest BCUT2D eigenvalue weighted by molar-refractivity contribution is 1.07. The molecule has 5 heteroatoms. The van der Waals surface area contributed by atoms with Crippen LogP contribution in [-0.2, 0) is 0 Å². The Bertz CT molecular complexity index is 2520. The molecular formula is C41H25N5. The van der Waals surface area contributed by atoms with Gasteiger partial charge >= 0.3 is 0 Å². The second kappa shape index (κ2) is 10.7. The third-order valence-corrected chi connectivity index (χ3v) is 8.51. The average Bonchev–Trinajstić information content (AvgIpc) is 3.15. The van der Waals surface area contributed by atoms with Crippen molar-refractivity contribution in [2.24, 2.45) is 0 Å². The summed E-state index contributed by atoms with van der Waals surface area (Å²) >= 11 is 0. The zero-order valence-corrected chi connectivity index (χ0v) is 24.7. The smallest absolute Gasteiger partial charge is 0.164 e. The molecule has 0 amide bonds. The van der Waals surface area contributed by atoms with Crippen LogP contribution in [-0.4, -0.2) is 24.9 Å². The molecule has 0 spiro atoms. The van der Waals surface area contributed by atoms with E-state index in [9.17, 15) is 0 Å². The number of pyridine rings is 2. The van der Waals surface area contributed by atoms with Gasteiger partial charge in [0.05, 0.1) is 16.7 Å². The van der Waals surface area contributed by atoms with Crippen molar-refractivity contribution in [1.82, 2.24) is 24.9 Å². The van der Waals surface area contributed by atoms with Crippen LogP contribution < -0.4 is 0 Å². The van der Waals surface area contributed by atoms with Gasteiger partial charge in [0.15, 0.2) is 17.5 Å². The Hall–Kier alpha value is -6.33. The molecule has 0 aliphatic rings. The first-order chi connectivity index (χ1) is 22.8. The summed E-state index contributed by atoms with van der Waals surface area (Å²) in [6.45, 7) is 0. The predicted molar refractivity (Wildman–Crippen MR) is 187 cm³/mol. The van der Waals surface area contributed by atoms with E-state index in [1.807, 2.05) is 79.0 Å². The zero-order chi connectivity index (χ0) is 30.5. The normalized spacial score (nSPS) is 11.5. The van der Waals surface area contributed by atoms with Crippen LogP contribution in [0.15, 0.2) is 152 Å². The van der Waals surface area contributed by atoms with Crippen LogP contribution >= 0.6 is 0 Å². The Morgan fingerprint density at radius 3 is 1.61 bits per heavy atom. The summed E-state index contributed by atoms with van der Waals surface area (Å²) in [5.41, 5.74) is 6.57. The number of nitrogens with zero attached hydrogens (tertiary/aromatic N) is 5. The van der Waals surface area contributed by atoms with Gasteiger partial charge in [-0.25, -0.2) is 19.9 Å². The predicted octanol–water partition coefficient (Wildman–Crippen LogP) is 9.94. The number of benzene rings is 6. The quantitative estimate of drug-likeness (QED) is 0.192. The summed E-state index contributed by atoms with van der Waals surface area (Å²) in [6.07, 6.45) is 1.87. The van der Waals surface area contributed by atoms with Gasteiger partial charge < -0.3 is 0 Å². The molecular weight excluding hydrogens is 562 g/mol. The second-order valence-corrected chi connectivity index (χ2v) is 11.3. The Morgan fingerprint density at radius 2 is 0.891 bits per heavy atom. The first-order valence-corrected chi connectivity index (χ1v) is 15.3. The van der Waals surface area contributed by atoms with Gasteiger partial charge in [-0.1, -0.05) is 127 Å². The summed E-state index contributed by atoms with van der Waals surface area (Å²) < 4.78 is 0. The lowest BCUT2D eigenvalue weighted by atomic mass is 9.91. The van der Waals surface area contributed by atoms with E-state index in [1.165, 1.54) is 5.39 Å². The SMILES string of the molecule is c1ccc(-c2nc(-c3ccccc3)nc(-c3cccc(-c4nc5ccccc5c5c6ccccc6c6ncccc6c45)c3)n2)cc1. The number of aromatic nitrogens is 5. The molecule has 0 saturated heterocycles. The molecule has 3 aromatic heterocycles.